The number of nitrogens with one attached hydrogen (secondary N) is 1. The van der Waals surface area contributed by atoms with Crippen molar-refractivity contribution in [1.82, 2.24) is 5.32 Å². The molecule has 0 bridgehead atoms. The van der Waals surface area contributed by atoms with Gasteiger partial charge in [-0.1, -0.05) is 19.3 Å². The van der Waals surface area contributed by atoms with E-state index in [0.29, 0.717) is 18.2 Å². The normalized spacial score (nSPS) is 17.0. The quantitative estimate of drug-likeness (QED) is 0.730. The molecule has 6 nitrogen and oxygen atoms in total. The molecule has 0 heterocycles. The van der Waals surface area contributed by atoms with E-state index >= 15 is 0 Å². The van der Waals surface area contributed by atoms with Crippen LogP contribution in [0.5, 0.6) is 5.75 Å². The molecule has 0 saturated heterocycles. The molecule has 0 spiro atoms. The average Bonchev–Trinajstić information content (AvgIpc) is 2.60. The molecule has 1 aliphatic carbocycles. The third-order valence-corrected chi connectivity index (χ3v) is 5.80. The molecule has 25 heavy (non-hydrogen) atoms. The molecule has 7 heteroatoms. The fourth-order valence-corrected chi connectivity index (χ4v) is 3.86. The van der Waals surface area contributed by atoms with Crippen LogP contribution in [-0.4, -0.2) is 39.8 Å². The lowest BCUT2D eigenvalue weighted by Crippen LogP contribution is -2.46. The zero-order chi connectivity index (χ0) is 18.3. The van der Waals surface area contributed by atoms with Gasteiger partial charge >= 0.3 is 0 Å². The number of rotatable bonds is 8. The first-order valence-corrected chi connectivity index (χ1v) is 10.7. The second-order valence-electron chi connectivity index (χ2n) is 6.65. The van der Waals surface area contributed by atoms with Crippen LogP contribution < -0.4 is 15.8 Å². The van der Waals surface area contributed by atoms with Gasteiger partial charge in [0.1, 0.15) is 5.75 Å². The molecule has 2 rings (SSSR count). The summed E-state index contributed by atoms with van der Waals surface area (Å²) in [6, 6.07) is 6.23. The average molecular weight is 368 g/mol. The van der Waals surface area contributed by atoms with Crippen molar-refractivity contribution >= 4 is 15.7 Å². The van der Waals surface area contributed by atoms with Gasteiger partial charge in [-0.25, -0.2) is 8.42 Å². The Morgan fingerprint density at radius 3 is 2.44 bits per heavy atom. The molecule has 0 aromatic heterocycles. The summed E-state index contributed by atoms with van der Waals surface area (Å²) in [6.07, 6.45) is 7.36. The number of amides is 1. The van der Waals surface area contributed by atoms with Crippen molar-refractivity contribution in [3.63, 3.8) is 0 Å². The Labute approximate surface area is 150 Å². The third kappa shape index (κ3) is 6.32. The van der Waals surface area contributed by atoms with Crippen molar-refractivity contribution in [3.05, 3.63) is 24.3 Å². The van der Waals surface area contributed by atoms with Gasteiger partial charge < -0.3 is 15.8 Å². The summed E-state index contributed by atoms with van der Waals surface area (Å²) >= 11 is 0. The minimum atomic E-state index is -3.21. The Bertz CT molecular complexity index is 652. The first-order chi connectivity index (χ1) is 11.9. The second kappa shape index (κ2) is 9.20. The van der Waals surface area contributed by atoms with Gasteiger partial charge in [-0.15, -0.1) is 0 Å². The van der Waals surface area contributed by atoms with E-state index in [1.165, 1.54) is 31.4 Å². The molecule has 1 aliphatic rings. The topological polar surface area (TPSA) is 98.5 Å². The monoisotopic (exact) mass is 368 g/mol. The molecule has 0 aliphatic heterocycles. The fourth-order valence-electron chi connectivity index (χ4n) is 3.23. The van der Waals surface area contributed by atoms with Crippen LogP contribution in [0.3, 0.4) is 0 Å². The number of nitrogens with two attached hydrogens (primary N) is 1. The number of benzene rings is 1. The zero-order valence-corrected chi connectivity index (χ0v) is 15.6. The van der Waals surface area contributed by atoms with Crippen LogP contribution in [-0.2, 0) is 14.6 Å². The molecule has 0 radical (unpaired) electrons. The van der Waals surface area contributed by atoms with Crippen molar-refractivity contribution in [2.45, 2.75) is 49.5 Å². The lowest BCUT2D eigenvalue weighted by atomic mass is 9.84. The van der Waals surface area contributed by atoms with Crippen LogP contribution in [0.4, 0.5) is 0 Å². The number of carbonyl (C=O) groups excluding carboxylic acids is 1. The summed E-state index contributed by atoms with van der Waals surface area (Å²) < 4.78 is 28.3. The van der Waals surface area contributed by atoms with Crippen LogP contribution in [0.2, 0.25) is 0 Å². The number of sulfone groups is 1. The van der Waals surface area contributed by atoms with Gasteiger partial charge in [-0.3, -0.25) is 4.79 Å². The molecule has 1 fully saturated rings. The van der Waals surface area contributed by atoms with E-state index in [1.54, 1.807) is 12.1 Å². The van der Waals surface area contributed by atoms with Crippen molar-refractivity contribution in [2.24, 2.45) is 11.7 Å². The molecule has 140 valence electrons. The number of hydrogen-bond donors (Lipinski definition) is 2. The van der Waals surface area contributed by atoms with E-state index in [0.717, 1.165) is 19.1 Å². The number of hydrogen-bond acceptors (Lipinski definition) is 5. The Morgan fingerprint density at radius 1 is 1.24 bits per heavy atom. The lowest BCUT2D eigenvalue weighted by Gasteiger charge is -2.30. The predicted molar refractivity (Wildman–Crippen MR) is 97.2 cm³/mol. The molecule has 1 aromatic rings. The fraction of sp³-hybridized carbons (Fsp3) is 0.611. The van der Waals surface area contributed by atoms with Crippen LogP contribution >= 0.6 is 0 Å². The number of carbonyl (C=O) groups is 1. The number of ether oxygens (including phenoxy) is 1. The van der Waals surface area contributed by atoms with E-state index in [-0.39, 0.29) is 29.9 Å². The van der Waals surface area contributed by atoms with Crippen molar-refractivity contribution in [3.8, 4) is 5.75 Å². The maximum atomic E-state index is 12.1. The van der Waals surface area contributed by atoms with Gasteiger partial charge in [0, 0.05) is 18.8 Å². The van der Waals surface area contributed by atoms with E-state index in [4.69, 9.17) is 10.5 Å². The van der Waals surface area contributed by atoms with Gasteiger partial charge in [-0.2, -0.15) is 0 Å². The van der Waals surface area contributed by atoms with Gasteiger partial charge in [0.15, 0.2) is 9.84 Å². The first-order valence-electron chi connectivity index (χ1n) is 8.82. The molecule has 3 N–H and O–H groups in total. The Morgan fingerprint density at radius 2 is 1.88 bits per heavy atom. The molecular weight excluding hydrogens is 340 g/mol. The van der Waals surface area contributed by atoms with Gasteiger partial charge in [-0.05, 0) is 43.0 Å². The summed E-state index contributed by atoms with van der Waals surface area (Å²) in [5.74, 6) is 0.962. The molecule has 1 saturated carbocycles. The first kappa shape index (κ1) is 19.7. The smallest absolute Gasteiger partial charge is 0.223 e. The summed E-state index contributed by atoms with van der Waals surface area (Å²) in [5.41, 5.74) is 5.83. The standard InChI is InChI=1S/C18H28N2O4S/c1-25(22,23)16-9-7-15(8-10-16)24-12-11-18(21)20-17(13-19)14-5-3-2-4-6-14/h7-10,14,17H,2-6,11-13,19H2,1H3,(H,20,21). The van der Waals surface area contributed by atoms with Gasteiger partial charge in [0.2, 0.25) is 5.91 Å². The van der Waals surface area contributed by atoms with Crippen LogP contribution in [0.15, 0.2) is 29.2 Å². The maximum absolute atomic E-state index is 12.1. The summed E-state index contributed by atoms with van der Waals surface area (Å²) in [7, 11) is -3.21. The van der Waals surface area contributed by atoms with Crippen LogP contribution in [0.1, 0.15) is 38.5 Å². The van der Waals surface area contributed by atoms with E-state index in [9.17, 15) is 13.2 Å². The van der Waals surface area contributed by atoms with Crippen LogP contribution in [0.25, 0.3) is 0 Å². The SMILES string of the molecule is CS(=O)(=O)c1ccc(OCCC(=O)NC(CN)C2CCCCC2)cc1. The predicted octanol–water partition coefficient (Wildman–Crippen LogP) is 1.88. The van der Waals surface area contributed by atoms with Crippen molar-refractivity contribution < 1.29 is 17.9 Å². The van der Waals surface area contributed by atoms with Crippen LogP contribution in [0, 0.1) is 5.92 Å². The lowest BCUT2D eigenvalue weighted by molar-refractivity contribution is -0.122. The maximum Gasteiger partial charge on any atom is 0.223 e. The van der Waals surface area contributed by atoms with Crippen molar-refractivity contribution in [2.75, 3.05) is 19.4 Å². The second-order valence-corrected chi connectivity index (χ2v) is 8.67. The van der Waals surface area contributed by atoms with E-state index < -0.39 is 9.84 Å². The highest BCUT2D eigenvalue weighted by molar-refractivity contribution is 7.90. The van der Waals surface area contributed by atoms with E-state index in [2.05, 4.69) is 5.32 Å². The largest absolute Gasteiger partial charge is 0.493 e. The highest BCUT2D eigenvalue weighted by Gasteiger charge is 2.23. The molecule has 1 unspecified atom stereocenters. The zero-order valence-electron chi connectivity index (χ0n) is 14.7. The minimum Gasteiger partial charge on any atom is -0.493 e. The molecule has 1 atom stereocenters. The Hall–Kier alpha value is -1.60. The summed E-state index contributed by atoms with van der Waals surface area (Å²) in [4.78, 5) is 12.4. The Balaban J connectivity index is 1.75. The summed E-state index contributed by atoms with van der Waals surface area (Å²) in [6.45, 7) is 0.705. The molecule has 1 amide bonds. The minimum absolute atomic E-state index is 0.0434. The third-order valence-electron chi connectivity index (χ3n) is 4.67. The highest BCUT2D eigenvalue weighted by Crippen LogP contribution is 2.26. The molecular formula is C18H28N2O4S. The van der Waals surface area contributed by atoms with Crippen molar-refractivity contribution in [1.29, 1.82) is 0 Å². The van der Waals surface area contributed by atoms with Gasteiger partial charge in [0.25, 0.3) is 0 Å². The molecule has 1 aromatic carbocycles. The summed E-state index contributed by atoms with van der Waals surface area (Å²) in [5, 5.41) is 3.03. The van der Waals surface area contributed by atoms with E-state index in [1.807, 2.05) is 0 Å². The Kier molecular flexibility index (Phi) is 7.25. The highest BCUT2D eigenvalue weighted by atomic mass is 32.2. The van der Waals surface area contributed by atoms with Gasteiger partial charge in [0.05, 0.1) is 17.9 Å².